The largest absolute Gasteiger partial charge is 0.468 e. The minimum atomic E-state index is -3.72. The van der Waals surface area contributed by atoms with Crippen molar-refractivity contribution in [3.63, 3.8) is 0 Å². The Hall–Kier alpha value is -1.88. The minimum Gasteiger partial charge on any atom is -0.468 e. The fraction of sp³-hybridized carbons (Fsp3) is 0.267. The van der Waals surface area contributed by atoms with E-state index < -0.39 is 16.0 Å². The predicted molar refractivity (Wildman–Crippen MR) is 98.4 cm³/mol. The summed E-state index contributed by atoms with van der Waals surface area (Å²) in [6.07, 6.45) is 1.63. The summed E-state index contributed by atoms with van der Waals surface area (Å²) in [7, 11) is -2.42. The average molecular weight is 417 g/mol. The Morgan fingerprint density at radius 1 is 1.38 bits per heavy atom. The quantitative estimate of drug-likeness (QED) is 0.378. The molecule has 2 aromatic rings. The van der Waals surface area contributed by atoms with Crippen LogP contribution in [0.2, 0.25) is 5.02 Å². The van der Waals surface area contributed by atoms with Crippen LogP contribution in [-0.2, 0) is 32.6 Å². The zero-order valence-electron chi connectivity index (χ0n) is 13.9. The number of rotatable bonds is 9. The van der Waals surface area contributed by atoms with Gasteiger partial charge in [0, 0.05) is 11.6 Å². The average Bonchev–Trinajstić information content (AvgIpc) is 3.00. The Balaban J connectivity index is 2.13. The zero-order chi connectivity index (χ0) is 19.2. The van der Waals surface area contributed by atoms with Gasteiger partial charge in [-0.05, 0) is 24.3 Å². The number of nitrogens with one attached hydrogen (secondary N) is 1. The third-order valence-electron chi connectivity index (χ3n) is 3.20. The lowest BCUT2D eigenvalue weighted by atomic mass is 10.4. The molecule has 0 fully saturated rings. The molecule has 26 heavy (non-hydrogen) atoms. The molecule has 0 aliphatic heterocycles. The van der Waals surface area contributed by atoms with Crippen molar-refractivity contribution < 1.29 is 17.9 Å². The third-order valence-corrected chi connectivity index (χ3v) is 5.81. The lowest BCUT2D eigenvalue weighted by Gasteiger charge is -2.09. The number of hydrogen-bond acceptors (Lipinski definition) is 7. The van der Waals surface area contributed by atoms with Crippen LogP contribution in [-0.4, -0.2) is 42.0 Å². The highest BCUT2D eigenvalue weighted by molar-refractivity contribution is 7.99. The molecule has 1 heterocycles. The number of benzene rings is 1. The maximum absolute atomic E-state index is 12.3. The zero-order valence-corrected chi connectivity index (χ0v) is 16.3. The van der Waals surface area contributed by atoms with Crippen molar-refractivity contribution in [2.45, 2.75) is 23.1 Å². The smallest absolute Gasteiger partial charge is 0.316 e. The summed E-state index contributed by atoms with van der Waals surface area (Å²) >= 11 is 6.92. The van der Waals surface area contributed by atoms with Gasteiger partial charge < -0.3 is 9.30 Å². The molecule has 0 spiro atoms. The molecule has 0 saturated carbocycles. The summed E-state index contributed by atoms with van der Waals surface area (Å²) in [5.41, 5.74) is 0. The molecule has 0 bridgehead atoms. The maximum atomic E-state index is 12.3. The van der Waals surface area contributed by atoms with Crippen molar-refractivity contribution >= 4 is 39.4 Å². The summed E-state index contributed by atoms with van der Waals surface area (Å²) in [6.45, 7) is 3.97. The van der Waals surface area contributed by atoms with Gasteiger partial charge in [0.25, 0.3) is 0 Å². The molecule has 0 saturated heterocycles. The van der Waals surface area contributed by atoms with Gasteiger partial charge in [0.05, 0.1) is 24.3 Å². The van der Waals surface area contributed by atoms with Gasteiger partial charge in [0.15, 0.2) is 5.16 Å². The first kappa shape index (κ1) is 20.4. The Morgan fingerprint density at radius 2 is 2.08 bits per heavy atom. The number of aromatic nitrogens is 3. The molecule has 2 rings (SSSR count). The Bertz CT molecular complexity index is 882. The van der Waals surface area contributed by atoms with E-state index in [-0.39, 0.29) is 17.2 Å². The SMILES string of the molecule is C=CCn1c(CNS(=O)(=O)c2ccc(Cl)cc2)nnc1SCC(=O)OC. The summed E-state index contributed by atoms with van der Waals surface area (Å²) in [4.78, 5) is 11.4. The van der Waals surface area contributed by atoms with Crippen LogP contribution in [0.3, 0.4) is 0 Å². The van der Waals surface area contributed by atoms with Crippen LogP contribution < -0.4 is 4.72 Å². The van der Waals surface area contributed by atoms with E-state index >= 15 is 0 Å². The molecule has 1 aromatic heterocycles. The number of esters is 1. The first-order valence-electron chi connectivity index (χ1n) is 7.35. The minimum absolute atomic E-state index is 0.0649. The van der Waals surface area contributed by atoms with Crippen molar-refractivity contribution in [3.8, 4) is 0 Å². The van der Waals surface area contributed by atoms with Crippen LogP contribution in [0.25, 0.3) is 0 Å². The van der Waals surface area contributed by atoms with Gasteiger partial charge in [-0.25, -0.2) is 13.1 Å². The van der Waals surface area contributed by atoms with Crippen LogP contribution in [0.15, 0.2) is 47.0 Å². The molecule has 0 atom stereocenters. The van der Waals surface area contributed by atoms with Gasteiger partial charge in [0.1, 0.15) is 5.82 Å². The lowest BCUT2D eigenvalue weighted by molar-refractivity contribution is -0.137. The summed E-state index contributed by atoms with van der Waals surface area (Å²) in [5.74, 6) is 0.0744. The standard InChI is InChI=1S/C15H17ClN4O4S2/c1-3-8-20-13(18-19-15(20)25-10-14(21)24-2)9-17-26(22,23)12-6-4-11(16)5-7-12/h3-7,17H,1,8-10H2,2H3. The number of methoxy groups -OCH3 is 1. The van der Waals surface area contributed by atoms with Gasteiger partial charge >= 0.3 is 5.97 Å². The second kappa shape index (κ2) is 9.17. The van der Waals surface area contributed by atoms with E-state index in [1.807, 2.05) is 0 Å². The molecule has 0 amide bonds. The number of halogens is 1. The number of sulfonamides is 1. The van der Waals surface area contributed by atoms with Crippen LogP contribution in [0.1, 0.15) is 5.82 Å². The lowest BCUT2D eigenvalue weighted by Crippen LogP contribution is -2.25. The van der Waals surface area contributed by atoms with E-state index in [1.165, 1.54) is 31.4 Å². The predicted octanol–water partition coefficient (Wildman–Crippen LogP) is 1.86. The normalized spacial score (nSPS) is 11.3. The number of thioether (sulfide) groups is 1. The van der Waals surface area contributed by atoms with Gasteiger partial charge in [-0.2, -0.15) is 0 Å². The third kappa shape index (κ3) is 5.31. The Morgan fingerprint density at radius 3 is 2.69 bits per heavy atom. The van der Waals surface area contributed by atoms with Gasteiger partial charge in [0.2, 0.25) is 10.0 Å². The topological polar surface area (TPSA) is 103 Å². The number of allylic oxidation sites excluding steroid dienone is 1. The first-order chi connectivity index (χ1) is 12.4. The monoisotopic (exact) mass is 416 g/mol. The second-order valence-corrected chi connectivity index (χ2v) is 8.09. The van der Waals surface area contributed by atoms with E-state index in [4.69, 9.17) is 11.6 Å². The van der Waals surface area contributed by atoms with Gasteiger partial charge in [-0.15, -0.1) is 16.8 Å². The number of carbonyl (C=O) groups is 1. The first-order valence-corrected chi connectivity index (χ1v) is 10.2. The summed E-state index contributed by atoms with van der Waals surface area (Å²) < 4.78 is 33.4. The van der Waals surface area contributed by atoms with Crippen molar-refractivity contribution in [1.82, 2.24) is 19.5 Å². The molecule has 0 radical (unpaired) electrons. The fourth-order valence-electron chi connectivity index (χ4n) is 1.91. The number of ether oxygens (including phenoxy) is 1. The molecule has 0 unspecified atom stereocenters. The van der Waals surface area contributed by atoms with Crippen molar-refractivity contribution in [2.75, 3.05) is 12.9 Å². The number of nitrogens with zero attached hydrogens (tertiary/aromatic N) is 3. The van der Waals surface area contributed by atoms with Crippen molar-refractivity contribution in [2.24, 2.45) is 0 Å². The van der Waals surface area contributed by atoms with E-state index in [0.29, 0.717) is 22.5 Å². The molecule has 1 aromatic carbocycles. The molecule has 0 aliphatic carbocycles. The van der Waals surface area contributed by atoms with Gasteiger partial charge in [-0.1, -0.05) is 29.4 Å². The second-order valence-electron chi connectivity index (χ2n) is 4.94. The molecular weight excluding hydrogens is 400 g/mol. The van der Waals surface area contributed by atoms with Gasteiger partial charge in [-0.3, -0.25) is 4.79 Å². The number of hydrogen-bond donors (Lipinski definition) is 1. The highest BCUT2D eigenvalue weighted by atomic mass is 35.5. The van der Waals surface area contributed by atoms with E-state index in [1.54, 1.807) is 10.6 Å². The summed E-state index contributed by atoms with van der Waals surface area (Å²) in [6, 6.07) is 5.82. The van der Waals surface area contributed by atoms with Crippen LogP contribution >= 0.6 is 23.4 Å². The van der Waals surface area contributed by atoms with Crippen LogP contribution in [0.4, 0.5) is 0 Å². The van der Waals surface area contributed by atoms with Crippen molar-refractivity contribution in [3.05, 3.63) is 47.8 Å². The summed E-state index contributed by atoms with van der Waals surface area (Å²) in [5, 5.41) is 8.90. The molecule has 1 N–H and O–H groups in total. The highest BCUT2D eigenvalue weighted by Crippen LogP contribution is 2.18. The van der Waals surface area contributed by atoms with E-state index in [0.717, 1.165) is 11.8 Å². The molecule has 0 aliphatic rings. The fourth-order valence-corrected chi connectivity index (χ4v) is 3.81. The van der Waals surface area contributed by atoms with Crippen LogP contribution in [0.5, 0.6) is 0 Å². The van der Waals surface area contributed by atoms with Crippen molar-refractivity contribution in [1.29, 1.82) is 0 Å². The van der Waals surface area contributed by atoms with E-state index in [2.05, 4.69) is 26.2 Å². The molecule has 8 nitrogen and oxygen atoms in total. The highest BCUT2D eigenvalue weighted by Gasteiger charge is 2.18. The van der Waals surface area contributed by atoms with Crippen LogP contribution in [0, 0.1) is 0 Å². The Labute approximate surface area is 160 Å². The molecular formula is C15H17ClN4O4S2. The molecule has 11 heteroatoms. The van der Waals surface area contributed by atoms with E-state index in [9.17, 15) is 13.2 Å². The molecule has 140 valence electrons. The Kier molecular flexibility index (Phi) is 7.21. The number of carbonyl (C=O) groups excluding carboxylic acids is 1. The maximum Gasteiger partial charge on any atom is 0.316 e.